The molecule has 0 saturated carbocycles. The Morgan fingerprint density at radius 3 is 0.972 bits per heavy atom. The van der Waals surface area contributed by atoms with Crippen molar-refractivity contribution in [1.82, 2.24) is 15.1 Å². The first-order valence-corrected chi connectivity index (χ1v) is 38.1. The molecule has 0 aliphatic carbocycles. The molecule has 0 radical (unpaired) electrons. The van der Waals surface area contributed by atoms with Crippen LogP contribution in [0.4, 0.5) is 0 Å². The normalized spacial score (nSPS) is 17.5. The number of rotatable bonds is 23. The first-order valence-electron chi connectivity index (χ1n) is 37.0. The van der Waals surface area contributed by atoms with Crippen LogP contribution in [-0.4, -0.2) is 150 Å². The Morgan fingerprint density at radius 2 is 0.713 bits per heavy atom. The Kier molecular flexibility index (Phi) is 28.9. The Hall–Kier alpha value is -9.51. The number of benzene rings is 9. The molecular formula is C88H98Br2N6O12. The molecule has 0 spiro atoms. The number of carbonyl (C=O) groups is 5. The van der Waals surface area contributed by atoms with Gasteiger partial charge in [-0.05, 0) is 167 Å². The molecule has 6 aliphatic rings. The number of nitrogens with one attached hydrogen (secondary N) is 1. The summed E-state index contributed by atoms with van der Waals surface area (Å²) < 4.78 is 16.7. The summed E-state index contributed by atoms with van der Waals surface area (Å²) in [6.45, 7) is 9.83. The van der Waals surface area contributed by atoms with Crippen molar-refractivity contribution in [2.75, 3.05) is 77.5 Å². The molecule has 6 aliphatic heterocycles. The zero-order valence-corrected chi connectivity index (χ0v) is 64.0. The minimum Gasteiger partial charge on any atom is -0.493 e. The van der Waals surface area contributed by atoms with Crippen LogP contribution in [0.1, 0.15) is 86.0 Å². The highest BCUT2D eigenvalue weighted by Crippen LogP contribution is 2.47. The molecule has 5 atom stereocenters. The van der Waals surface area contributed by atoms with Crippen molar-refractivity contribution in [3.8, 4) is 17.2 Å². The molecule has 3 saturated heterocycles. The van der Waals surface area contributed by atoms with Crippen LogP contribution in [0.15, 0.2) is 237 Å². The van der Waals surface area contributed by atoms with Crippen molar-refractivity contribution in [2.24, 2.45) is 35.0 Å². The standard InChI is InChI=1S/2C28H30N2O2.C18H20N2O.C10H11BrO.C4H6O6.BrH/c2*29-27(31)28(23-7-3-1-4-8-23,24-9-5-2-6-10-24)25-14-17-30(20-25)16-13-21-11-12-26-22(19-21)15-18-32-26;19-17(21)18(16-11-12-20-13-16,14-7-3-1-4-8-14)15-9-5-2-6-10-15;11-5-3-8-1-2-10-9(7-8)4-6-12-10;5-1(3(7)8)2(6)4(9)10;/h2*1-12,19,25H,13-18,20H2,(H2,29,31);1-10,16,20H,11-13H2,(H2,19,21);1-2,7H,3-6H2;1-2,5-6H,(H,7,8)(H,9,10);1H/t2*25-;16-;;;/m111.../s1. The Balaban J connectivity index is 0.000000153. The molecule has 2 unspecified atom stereocenters. The summed E-state index contributed by atoms with van der Waals surface area (Å²) in [6.07, 6.45) is 4.51. The number of carboxylic acid groups (broad SMARTS) is 2. The van der Waals surface area contributed by atoms with Crippen LogP contribution in [0.2, 0.25) is 0 Å². The van der Waals surface area contributed by atoms with Gasteiger partial charge in [-0.15, -0.1) is 17.0 Å². The van der Waals surface area contributed by atoms with E-state index in [1.165, 1.54) is 33.4 Å². The lowest BCUT2D eigenvalue weighted by Crippen LogP contribution is -2.49. The molecule has 11 N–H and O–H groups in total. The van der Waals surface area contributed by atoms with Crippen molar-refractivity contribution in [3.63, 3.8) is 0 Å². The van der Waals surface area contributed by atoms with Gasteiger partial charge in [0.15, 0.2) is 12.2 Å². The Bertz CT molecular complexity index is 4100. The smallest absolute Gasteiger partial charge is 0.335 e. The number of likely N-dealkylation sites (tertiary alicyclic amines) is 2. The number of hydrogen-bond donors (Lipinski definition) is 8. The zero-order chi connectivity index (χ0) is 75.3. The van der Waals surface area contributed by atoms with E-state index in [9.17, 15) is 24.0 Å². The molecule has 6 heterocycles. The highest BCUT2D eigenvalue weighted by molar-refractivity contribution is 9.09. The topological polar surface area (TPSA) is 291 Å². The van der Waals surface area contributed by atoms with Gasteiger partial charge in [-0.3, -0.25) is 14.4 Å². The number of amides is 3. The van der Waals surface area contributed by atoms with Crippen molar-refractivity contribution in [3.05, 3.63) is 303 Å². The summed E-state index contributed by atoms with van der Waals surface area (Å²) in [5, 5.41) is 36.9. The van der Waals surface area contributed by atoms with Crippen molar-refractivity contribution in [1.29, 1.82) is 0 Å². The molecule has 0 bridgehead atoms. The van der Waals surface area contributed by atoms with Gasteiger partial charge < -0.3 is 67.0 Å². The maximum atomic E-state index is 13.2. The quantitative estimate of drug-likeness (QED) is 0.0276. The summed E-state index contributed by atoms with van der Waals surface area (Å²) in [4.78, 5) is 63.5. The predicted octanol–water partition coefficient (Wildman–Crippen LogP) is 11.0. The lowest BCUT2D eigenvalue weighted by Gasteiger charge is -2.37. The molecule has 18 nitrogen and oxygen atoms in total. The van der Waals surface area contributed by atoms with Crippen LogP contribution in [0.25, 0.3) is 0 Å². The average molecular weight is 1590 g/mol. The van der Waals surface area contributed by atoms with Gasteiger partial charge in [0.25, 0.3) is 0 Å². The second kappa shape index (κ2) is 38.5. The fourth-order valence-electron chi connectivity index (χ4n) is 16.5. The van der Waals surface area contributed by atoms with Gasteiger partial charge in [-0.25, -0.2) is 9.59 Å². The third kappa shape index (κ3) is 18.6. The molecule has 9 aromatic rings. The number of nitrogens with zero attached hydrogens (tertiary/aromatic N) is 2. The van der Waals surface area contributed by atoms with Gasteiger partial charge >= 0.3 is 11.9 Å². The number of fused-ring (bicyclic) bond motifs is 3. The van der Waals surface area contributed by atoms with Gasteiger partial charge in [0, 0.05) is 50.8 Å². The summed E-state index contributed by atoms with van der Waals surface area (Å²) in [7, 11) is 0. The molecule has 3 amide bonds. The second-order valence-electron chi connectivity index (χ2n) is 28.1. The van der Waals surface area contributed by atoms with E-state index in [0.29, 0.717) is 0 Å². The van der Waals surface area contributed by atoms with Gasteiger partial charge in [0.1, 0.15) is 33.5 Å². The number of hydrogen-bond acceptors (Lipinski definition) is 13. The van der Waals surface area contributed by atoms with E-state index >= 15 is 0 Å². The third-order valence-corrected chi connectivity index (χ3v) is 22.3. The van der Waals surface area contributed by atoms with Gasteiger partial charge in [-0.2, -0.15) is 0 Å². The van der Waals surface area contributed by atoms with Gasteiger partial charge in [0.05, 0.1) is 19.8 Å². The highest BCUT2D eigenvalue weighted by Gasteiger charge is 2.52. The van der Waals surface area contributed by atoms with Crippen LogP contribution in [-0.2, 0) is 78.7 Å². The molecule has 3 fully saturated rings. The number of carboxylic acids is 2. The fourth-order valence-corrected chi connectivity index (χ4v) is 17.0. The molecule has 108 heavy (non-hydrogen) atoms. The molecule has 566 valence electrons. The van der Waals surface area contributed by atoms with Crippen molar-refractivity contribution < 1.29 is 58.6 Å². The summed E-state index contributed by atoms with van der Waals surface area (Å²) >= 11 is 3.44. The number of carbonyl (C=O) groups excluding carboxylic acids is 3. The summed E-state index contributed by atoms with van der Waals surface area (Å²) in [6, 6.07) is 79.8. The first-order chi connectivity index (χ1) is 52.0. The molecule has 15 rings (SSSR count). The third-order valence-electron chi connectivity index (χ3n) is 21.9. The number of halogens is 2. The number of alkyl halides is 1. The maximum Gasteiger partial charge on any atom is 0.335 e. The number of aryl methyl sites for hydroxylation is 1. The Morgan fingerprint density at radius 1 is 0.426 bits per heavy atom. The highest BCUT2D eigenvalue weighted by atomic mass is 79.9. The molecule has 0 aromatic heterocycles. The van der Waals surface area contributed by atoms with Crippen LogP contribution in [0.3, 0.4) is 0 Å². The van der Waals surface area contributed by atoms with E-state index in [1.54, 1.807) is 0 Å². The number of aliphatic carboxylic acids is 2. The predicted molar refractivity (Wildman–Crippen MR) is 428 cm³/mol. The number of primary amides is 3. The van der Waals surface area contributed by atoms with E-state index in [4.69, 9.17) is 51.8 Å². The maximum absolute atomic E-state index is 13.2. The van der Waals surface area contributed by atoms with Crippen LogP contribution < -0.4 is 36.7 Å². The van der Waals surface area contributed by atoms with E-state index in [2.05, 4.69) is 85.6 Å². The molecule has 20 heteroatoms. The lowest BCUT2D eigenvalue weighted by molar-refractivity contribution is -0.165. The van der Waals surface area contributed by atoms with E-state index in [-0.39, 0.29) is 52.5 Å². The SMILES string of the molecule is Br.BrCCc1ccc2c(c1)CCO2.NC(=O)C(c1ccccc1)(c1ccccc1)[C@@H]1CCN(CCc2ccc3c(c2)CCO3)C1.NC(=O)C(c1ccccc1)(c1ccccc1)[C@@H]1CCN(CCc2ccc3c(c2)CCO3)C1.NC(=O)C(c1ccccc1)(c1ccccc1)[C@@H]1CCNC1.O=C(O)C(O)C(O)C(=O)O. The van der Waals surface area contributed by atoms with Gasteiger partial charge in [0.2, 0.25) is 17.7 Å². The van der Waals surface area contributed by atoms with E-state index in [1.807, 2.05) is 182 Å². The largest absolute Gasteiger partial charge is 0.493 e. The summed E-state index contributed by atoms with van der Waals surface area (Å²) in [5.74, 6) is -0.734. The fraction of sp³-hybridized carbons (Fsp3) is 0.330. The summed E-state index contributed by atoms with van der Waals surface area (Å²) in [5.41, 5.74) is 30.0. The van der Waals surface area contributed by atoms with Crippen LogP contribution in [0, 0.1) is 17.8 Å². The molecule has 9 aromatic carbocycles. The van der Waals surface area contributed by atoms with Crippen molar-refractivity contribution >= 4 is 62.6 Å². The minimum absolute atomic E-state index is 0. The monoisotopic (exact) mass is 1590 g/mol. The minimum atomic E-state index is -2.27. The van der Waals surface area contributed by atoms with E-state index in [0.717, 1.165) is 186 Å². The Labute approximate surface area is 651 Å². The second-order valence-corrected chi connectivity index (χ2v) is 28.9. The average Bonchev–Trinajstić information content (AvgIpc) is 1.35. The van der Waals surface area contributed by atoms with Crippen LogP contribution >= 0.6 is 32.9 Å². The van der Waals surface area contributed by atoms with E-state index < -0.39 is 40.4 Å². The number of ether oxygens (including phenoxy) is 3. The number of aliphatic hydroxyl groups excluding tert-OH is 2. The molecular weight excluding hydrogens is 1490 g/mol. The first kappa shape index (κ1) is 81.0. The number of aliphatic hydroxyl groups is 2. The lowest BCUT2D eigenvalue weighted by atomic mass is 9.64. The zero-order valence-electron chi connectivity index (χ0n) is 60.7. The van der Waals surface area contributed by atoms with Crippen LogP contribution in [0.5, 0.6) is 17.2 Å². The number of nitrogens with two attached hydrogens (primary N) is 3. The van der Waals surface area contributed by atoms with Crippen molar-refractivity contribution in [2.45, 2.75) is 86.2 Å². The van der Waals surface area contributed by atoms with Gasteiger partial charge in [-0.1, -0.05) is 234 Å².